The van der Waals surface area contributed by atoms with Crippen LogP contribution in [0, 0.1) is 5.82 Å². The van der Waals surface area contributed by atoms with Crippen molar-refractivity contribution in [2.45, 2.75) is 57.4 Å². The quantitative estimate of drug-likeness (QED) is 0.846. The third kappa shape index (κ3) is 4.10. The Bertz CT molecular complexity index is 664. The molecule has 0 bridgehead atoms. The molecule has 128 valence electrons. The van der Waals surface area contributed by atoms with Gasteiger partial charge in [-0.2, -0.15) is 0 Å². The highest BCUT2D eigenvalue weighted by Gasteiger charge is 2.33. The average molecular weight is 341 g/mol. The number of likely N-dealkylation sites (tertiary alicyclic amines) is 1. The Hall–Kier alpha value is -1.43. The summed E-state index contributed by atoms with van der Waals surface area (Å²) in [5.74, 6) is -1.36. The summed E-state index contributed by atoms with van der Waals surface area (Å²) in [7, 11) is -3.68. The molecular weight excluding hydrogens is 317 g/mol. The smallest absolute Gasteiger partial charge is 0.238 e. The summed E-state index contributed by atoms with van der Waals surface area (Å²) in [5, 5.41) is -0.905. The molecule has 1 heterocycles. The van der Waals surface area contributed by atoms with E-state index in [0.717, 1.165) is 19.3 Å². The van der Waals surface area contributed by atoms with Crippen molar-refractivity contribution in [2.24, 2.45) is 0 Å². The van der Waals surface area contributed by atoms with E-state index in [2.05, 4.69) is 0 Å². The van der Waals surface area contributed by atoms with Crippen LogP contribution in [0.25, 0.3) is 0 Å². The molecule has 1 aromatic rings. The third-order valence-corrected chi connectivity index (χ3v) is 6.66. The van der Waals surface area contributed by atoms with E-state index in [4.69, 9.17) is 0 Å². The summed E-state index contributed by atoms with van der Waals surface area (Å²) in [6, 6.07) is 5.65. The van der Waals surface area contributed by atoms with Gasteiger partial charge in [-0.05, 0) is 57.7 Å². The molecule has 1 fully saturated rings. The minimum atomic E-state index is -3.68. The van der Waals surface area contributed by atoms with Crippen LogP contribution in [0.1, 0.15) is 50.8 Å². The maximum atomic E-state index is 13.3. The number of piperidine rings is 1. The van der Waals surface area contributed by atoms with Crippen LogP contribution in [-0.4, -0.2) is 37.1 Å². The van der Waals surface area contributed by atoms with Crippen LogP contribution in [0.15, 0.2) is 24.3 Å². The fourth-order valence-corrected chi connectivity index (χ4v) is 4.56. The first-order valence-corrected chi connectivity index (χ1v) is 9.72. The highest BCUT2D eigenvalue weighted by molar-refractivity contribution is 7.92. The molecule has 6 heteroatoms. The number of carbonyl (C=O) groups excluding carboxylic acids is 1. The van der Waals surface area contributed by atoms with Crippen LogP contribution in [0.3, 0.4) is 0 Å². The van der Waals surface area contributed by atoms with Crippen LogP contribution in [-0.2, 0) is 14.6 Å². The normalized spacial score (nSPS) is 23.6. The molecule has 0 N–H and O–H groups in total. The van der Waals surface area contributed by atoms with E-state index in [-0.39, 0.29) is 18.0 Å². The van der Waals surface area contributed by atoms with Gasteiger partial charge in [-0.25, -0.2) is 12.8 Å². The van der Waals surface area contributed by atoms with Gasteiger partial charge >= 0.3 is 0 Å². The van der Waals surface area contributed by atoms with Gasteiger partial charge in [0.05, 0.1) is 5.25 Å². The Kier molecular flexibility index (Phi) is 5.45. The molecule has 2 rings (SSSR count). The lowest BCUT2D eigenvalue weighted by molar-refractivity contribution is -0.134. The lowest BCUT2D eigenvalue weighted by Crippen LogP contribution is -2.49. The first kappa shape index (κ1) is 17.9. The largest absolute Gasteiger partial charge is 0.336 e. The molecule has 0 aliphatic carbocycles. The second-order valence-electron chi connectivity index (χ2n) is 6.43. The summed E-state index contributed by atoms with van der Waals surface area (Å²) in [6.45, 7) is 5.41. The van der Waals surface area contributed by atoms with E-state index in [9.17, 15) is 17.6 Å². The SMILES string of the molecule is C[C@@H]1CCC[C@H](C)N1C(=O)CS(=O)(=O)[C@H](C)c1cccc(F)c1. The van der Waals surface area contributed by atoms with Crippen molar-refractivity contribution in [3.8, 4) is 0 Å². The molecule has 1 aromatic carbocycles. The van der Waals surface area contributed by atoms with Crippen LogP contribution < -0.4 is 0 Å². The molecule has 0 aromatic heterocycles. The molecule has 0 spiro atoms. The Balaban J connectivity index is 2.15. The van der Waals surface area contributed by atoms with Gasteiger partial charge in [0, 0.05) is 12.1 Å². The van der Waals surface area contributed by atoms with Crippen molar-refractivity contribution in [1.29, 1.82) is 0 Å². The molecule has 0 unspecified atom stereocenters. The van der Waals surface area contributed by atoms with E-state index in [1.165, 1.54) is 25.1 Å². The standard InChI is InChI=1S/C17H24FNO3S/c1-12-6-4-7-13(2)19(12)17(20)11-23(21,22)14(3)15-8-5-9-16(18)10-15/h5,8-10,12-14H,4,6-7,11H2,1-3H3/t12-,13+,14-/m1/s1. The molecule has 4 nitrogen and oxygen atoms in total. The Morgan fingerprint density at radius 3 is 2.48 bits per heavy atom. The minimum absolute atomic E-state index is 0.0610. The number of rotatable bonds is 4. The van der Waals surface area contributed by atoms with Gasteiger partial charge < -0.3 is 4.90 Å². The van der Waals surface area contributed by atoms with Gasteiger partial charge in [0.25, 0.3) is 0 Å². The molecular formula is C17H24FNO3S. The molecule has 0 radical (unpaired) electrons. The molecule has 3 atom stereocenters. The van der Waals surface area contributed by atoms with Gasteiger partial charge in [0.1, 0.15) is 11.6 Å². The fourth-order valence-electron chi connectivity index (χ4n) is 3.25. The van der Waals surface area contributed by atoms with Crippen molar-refractivity contribution in [1.82, 2.24) is 4.90 Å². The van der Waals surface area contributed by atoms with Gasteiger partial charge in [0.15, 0.2) is 9.84 Å². The van der Waals surface area contributed by atoms with Crippen LogP contribution in [0.2, 0.25) is 0 Å². The lowest BCUT2D eigenvalue weighted by atomic mass is 9.98. The molecule has 1 amide bonds. The van der Waals surface area contributed by atoms with E-state index in [1.807, 2.05) is 13.8 Å². The number of amides is 1. The van der Waals surface area contributed by atoms with E-state index >= 15 is 0 Å². The van der Waals surface area contributed by atoms with E-state index < -0.39 is 26.7 Å². The molecule has 1 aliphatic heterocycles. The molecule has 1 aliphatic rings. The Labute approximate surface area is 137 Å². The topological polar surface area (TPSA) is 54.5 Å². The van der Waals surface area contributed by atoms with Crippen LogP contribution >= 0.6 is 0 Å². The number of sulfone groups is 1. The number of nitrogens with zero attached hydrogens (tertiary/aromatic N) is 1. The van der Waals surface area contributed by atoms with Gasteiger partial charge in [-0.3, -0.25) is 4.79 Å². The van der Waals surface area contributed by atoms with Gasteiger partial charge in [-0.1, -0.05) is 12.1 Å². The predicted molar refractivity (Wildman–Crippen MR) is 88.2 cm³/mol. The highest BCUT2D eigenvalue weighted by Crippen LogP contribution is 2.26. The summed E-state index contributed by atoms with van der Waals surface area (Å²) < 4.78 is 38.4. The van der Waals surface area contributed by atoms with Crippen molar-refractivity contribution >= 4 is 15.7 Å². The van der Waals surface area contributed by atoms with E-state index in [1.54, 1.807) is 11.0 Å². The Morgan fingerprint density at radius 1 is 1.30 bits per heavy atom. The van der Waals surface area contributed by atoms with Crippen molar-refractivity contribution in [3.05, 3.63) is 35.6 Å². The summed E-state index contributed by atoms with van der Waals surface area (Å²) in [5.41, 5.74) is 0.373. The maximum absolute atomic E-state index is 13.3. The molecule has 23 heavy (non-hydrogen) atoms. The summed E-state index contributed by atoms with van der Waals surface area (Å²) >= 11 is 0. The van der Waals surface area contributed by atoms with E-state index in [0.29, 0.717) is 5.56 Å². The van der Waals surface area contributed by atoms with Gasteiger partial charge in [-0.15, -0.1) is 0 Å². The first-order valence-electron chi connectivity index (χ1n) is 8.00. The number of hydrogen-bond donors (Lipinski definition) is 0. The number of halogens is 1. The van der Waals surface area contributed by atoms with Crippen molar-refractivity contribution in [3.63, 3.8) is 0 Å². The fraction of sp³-hybridized carbons (Fsp3) is 0.588. The molecule has 1 saturated heterocycles. The van der Waals surface area contributed by atoms with Crippen LogP contribution in [0.4, 0.5) is 4.39 Å². The zero-order valence-electron chi connectivity index (χ0n) is 13.8. The summed E-state index contributed by atoms with van der Waals surface area (Å²) in [6.07, 6.45) is 2.85. The van der Waals surface area contributed by atoms with Gasteiger partial charge in [0.2, 0.25) is 5.91 Å². The number of carbonyl (C=O) groups is 1. The van der Waals surface area contributed by atoms with Crippen molar-refractivity contribution < 1.29 is 17.6 Å². The third-order valence-electron chi connectivity index (χ3n) is 4.66. The predicted octanol–water partition coefficient (Wildman–Crippen LogP) is 3.09. The first-order chi connectivity index (χ1) is 10.7. The second-order valence-corrected chi connectivity index (χ2v) is 8.76. The number of hydrogen-bond acceptors (Lipinski definition) is 3. The monoisotopic (exact) mass is 341 g/mol. The minimum Gasteiger partial charge on any atom is -0.336 e. The van der Waals surface area contributed by atoms with Crippen LogP contribution in [0.5, 0.6) is 0 Å². The lowest BCUT2D eigenvalue weighted by Gasteiger charge is -2.39. The van der Waals surface area contributed by atoms with Crippen molar-refractivity contribution in [2.75, 3.05) is 5.75 Å². The number of benzene rings is 1. The molecule has 0 saturated carbocycles. The second kappa shape index (κ2) is 6.99. The zero-order chi connectivity index (χ0) is 17.2. The maximum Gasteiger partial charge on any atom is 0.238 e. The highest BCUT2D eigenvalue weighted by atomic mass is 32.2. The summed E-state index contributed by atoms with van der Waals surface area (Å²) in [4.78, 5) is 14.2. The average Bonchev–Trinajstić information content (AvgIpc) is 2.45. The zero-order valence-corrected chi connectivity index (χ0v) is 14.6. The Morgan fingerprint density at radius 2 is 1.91 bits per heavy atom.